The van der Waals surface area contributed by atoms with Gasteiger partial charge in [0, 0.05) is 24.2 Å². The van der Waals surface area contributed by atoms with Gasteiger partial charge < -0.3 is 18.7 Å². The smallest absolute Gasteiger partial charge is 0.410 e. The minimum absolute atomic E-state index is 0.317. The molecule has 0 aliphatic carbocycles. The molecule has 1 aliphatic rings. The molecule has 33 heavy (non-hydrogen) atoms. The number of aromatic nitrogens is 2. The number of carbonyl (C=O) groups excluding carboxylic acids is 1. The maximum atomic E-state index is 12.4. The fourth-order valence-corrected chi connectivity index (χ4v) is 3.63. The van der Waals surface area contributed by atoms with E-state index in [-0.39, 0.29) is 6.09 Å². The molecule has 174 valence electrons. The first-order valence-electron chi connectivity index (χ1n) is 11.1. The van der Waals surface area contributed by atoms with Crippen LogP contribution in [0.15, 0.2) is 40.9 Å². The maximum absolute atomic E-state index is 12.4. The van der Waals surface area contributed by atoms with Crippen LogP contribution in [0.1, 0.15) is 45.7 Å². The van der Waals surface area contributed by atoms with Gasteiger partial charge in [0.1, 0.15) is 5.60 Å². The van der Waals surface area contributed by atoms with E-state index in [1.165, 1.54) is 0 Å². The summed E-state index contributed by atoms with van der Waals surface area (Å²) in [4.78, 5) is 18.7. The van der Waals surface area contributed by atoms with Crippen molar-refractivity contribution in [2.45, 2.75) is 53.3 Å². The topological polar surface area (TPSA) is 86.9 Å². The zero-order valence-electron chi connectivity index (χ0n) is 19.7. The fraction of sp³-hybridized carbons (Fsp3) is 0.400. The van der Waals surface area contributed by atoms with Crippen LogP contribution in [-0.2, 0) is 17.8 Å². The van der Waals surface area contributed by atoms with E-state index in [4.69, 9.17) is 18.7 Å². The standard InChI is InChI=1S/C25H29N3O5/c1-6-30-20-11-10-17(13-21(20)31-7-2)23-26-22(27-33-23)16-8-9-18-14-28(15-19(18)12-16)24(29)32-25(3,4)5/h8-13H,6-7,14-15H2,1-5H3. The van der Waals surface area contributed by atoms with E-state index in [2.05, 4.69) is 10.1 Å². The average Bonchev–Trinajstić information content (AvgIpc) is 3.41. The lowest BCUT2D eigenvalue weighted by Crippen LogP contribution is -2.33. The highest BCUT2D eigenvalue weighted by molar-refractivity contribution is 5.70. The molecule has 3 aromatic rings. The van der Waals surface area contributed by atoms with Crippen LogP contribution in [0.3, 0.4) is 0 Å². The van der Waals surface area contributed by atoms with Gasteiger partial charge in [0.25, 0.3) is 5.89 Å². The predicted octanol–water partition coefficient (Wildman–Crippen LogP) is 5.45. The molecule has 4 rings (SSSR count). The number of amides is 1. The molecule has 0 unspecified atom stereocenters. The van der Waals surface area contributed by atoms with Crippen molar-refractivity contribution in [3.63, 3.8) is 0 Å². The molecule has 1 aromatic heterocycles. The summed E-state index contributed by atoms with van der Waals surface area (Å²) in [5.41, 5.74) is 3.18. The van der Waals surface area contributed by atoms with Crippen molar-refractivity contribution in [3.05, 3.63) is 47.5 Å². The van der Waals surface area contributed by atoms with E-state index in [0.29, 0.717) is 49.5 Å². The summed E-state index contributed by atoms with van der Waals surface area (Å²) in [5.74, 6) is 2.19. The normalized spacial score (nSPS) is 13.1. The second-order valence-electron chi connectivity index (χ2n) is 8.77. The summed E-state index contributed by atoms with van der Waals surface area (Å²) in [6.45, 7) is 11.5. The van der Waals surface area contributed by atoms with Crippen molar-refractivity contribution < 1.29 is 23.5 Å². The second kappa shape index (κ2) is 9.13. The molecule has 1 aliphatic heterocycles. The molecular formula is C25H29N3O5. The zero-order chi connectivity index (χ0) is 23.6. The third-order valence-electron chi connectivity index (χ3n) is 5.05. The van der Waals surface area contributed by atoms with Crippen LogP contribution in [0.5, 0.6) is 11.5 Å². The molecule has 2 heterocycles. The monoisotopic (exact) mass is 451 g/mol. The Bertz CT molecular complexity index is 1150. The number of carbonyl (C=O) groups is 1. The van der Waals surface area contributed by atoms with E-state index in [1.54, 1.807) is 4.90 Å². The SMILES string of the molecule is CCOc1ccc(-c2nc(-c3ccc4c(c3)CN(C(=O)OC(C)(C)C)C4)no2)cc1OCC. The molecule has 8 heteroatoms. The lowest BCUT2D eigenvalue weighted by molar-refractivity contribution is 0.0242. The summed E-state index contributed by atoms with van der Waals surface area (Å²) < 4.78 is 22.3. The van der Waals surface area contributed by atoms with Crippen LogP contribution in [0.25, 0.3) is 22.8 Å². The van der Waals surface area contributed by atoms with Crippen molar-refractivity contribution in [1.29, 1.82) is 0 Å². The van der Waals surface area contributed by atoms with Gasteiger partial charge >= 0.3 is 6.09 Å². The minimum atomic E-state index is -0.527. The number of benzene rings is 2. The Labute approximate surface area is 193 Å². The Kier molecular flexibility index (Phi) is 6.26. The molecule has 0 atom stereocenters. The van der Waals surface area contributed by atoms with Gasteiger partial charge in [0.2, 0.25) is 5.82 Å². The molecule has 2 aromatic carbocycles. The van der Waals surface area contributed by atoms with E-state index in [0.717, 1.165) is 22.3 Å². The summed E-state index contributed by atoms with van der Waals surface area (Å²) in [5, 5.41) is 4.16. The largest absolute Gasteiger partial charge is 0.490 e. The summed E-state index contributed by atoms with van der Waals surface area (Å²) >= 11 is 0. The van der Waals surface area contributed by atoms with Crippen LogP contribution < -0.4 is 9.47 Å². The van der Waals surface area contributed by atoms with Crippen molar-refractivity contribution >= 4 is 6.09 Å². The first-order chi connectivity index (χ1) is 15.8. The Balaban J connectivity index is 1.53. The van der Waals surface area contributed by atoms with Crippen molar-refractivity contribution in [1.82, 2.24) is 15.0 Å². The molecule has 0 saturated carbocycles. The quantitative estimate of drug-likeness (QED) is 0.492. The summed E-state index contributed by atoms with van der Waals surface area (Å²) in [6, 6.07) is 11.5. The number of hydrogen-bond acceptors (Lipinski definition) is 7. The number of ether oxygens (including phenoxy) is 3. The first-order valence-corrected chi connectivity index (χ1v) is 11.1. The zero-order valence-corrected chi connectivity index (χ0v) is 19.7. The van der Waals surface area contributed by atoms with E-state index >= 15 is 0 Å². The van der Waals surface area contributed by atoms with Gasteiger partial charge in [0.15, 0.2) is 11.5 Å². The Morgan fingerprint density at radius 3 is 2.39 bits per heavy atom. The lowest BCUT2D eigenvalue weighted by Gasteiger charge is -2.24. The van der Waals surface area contributed by atoms with Gasteiger partial charge in [-0.3, -0.25) is 4.90 Å². The number of fused-ring (bicyclic) bond motifs is 1. The Morgan fingerprint density at radius 2 is 1.67 bits per heavy atom. The Morgan fingerprint density at radius 1 is 0.970 bits per heavy atom. The molecule has 0 saturated heterocycles. The van der Waals surface area contributed by atoms with Crippen LogP contribution in [-0.4, -0.2) is 39.9 Å². The first kappa shape index (κ1) is 22.6. The molecule has 0 bridgehead atoms. The van der Waals surface area contributed by atoms with Gasteiger partial charge in [0.05, 0.1) is 13.2 Å². The molecule has 1 amide bonds. The highest BCUT2D eigenvalue weighted by Crippen LogP contribution is 2.34. The highest BCUT2D eigenvalue weighted by Gasteiger charge is 2.28. The third-order valence-corrected chi connectivity index (χ3v) is 5.05. The molecular weight excluding hydrogens is 422 g/mol. The number of rotatable bonds is 6. The van der Waals surface area contributed by atoms with Crippen molar-refractivity contribution in [3.8, 4) is 34.3 Å². The summed E-state index contributed by atoms with van der Waals surface area (Å²) in [7, 11) is 0. The van der Waals surface area contributed by atoms with E-state index < -0.39 is 5.60 Å². The van der Waals surface area contributed by atoms with Crippen molar-refractivity contribution in [2.24, 2.45) is 0 Å². The van der Waals surface area contributed by atoms with Crippen LogP contribution in [0.4, 0.5) is 4.79 Å². The number of hydrogen-bond donors (Lipinski definition) is 0. The van der Waals surface area contributed by atoms with E-state index in [1.807, 2.05) is 71.0 Å². The van der Waals surface area contributed by atoms with Gasteiger partial charge in [-0.05, 0) is 70.0 Å². The van der Waals surface area contributed by atoms with Crippen molar-refractivity contribution in [2.75, 3.05) is 13.2 Å². The third kappa shape index (κ3) is 5.10. The lowest BCUT2D eigenvalue weighted by atomic mass is 10.1. The molecule has 0 spiro atoms. The maximum Gasteiger partial charge on any atom is 0.410 e. The van der Waals surface area contributed by atoms with Gasteiger partial charge in [-0.25, -0.2) is 4.79 Å². The minimum Gasteiger partial charge on any atom is -0.490 e. The molecule has 0 fully saturated rings. The van der Waals surface area contributed by atoms with Gasteiger partial charge in [-0.15, -0.1) is 0 Å². The molecule has 8 nitrogen and oxygen atoms in total. The van der Waals surface area contributed by atoms with Crippen LogP contribution in [0, 0.1) is 0 Å². The number of nitrogens with zero attached hydrogens (tertiary/aromatic N) is 3. The average molecular weight is 452 g/mol. The van der Waals surface area contributed by atoms with Crippen LogP contribution >= 0.6 is 0 Å². The second-order valence-corrected chi connectivity index (χ2v) is 8.77. The van der Waals surface area contributed by atoms with Gasteiger partial charge in [-0.1, -0.05) is 17.3 Å². The fourth-order valence-electron chi connectivity index (χ4n) is 3.63. The summed E-state index contributed by atoms with van der Waals surface area (Å²) in [6.07, 6.45) is -0.317. The molecule has 0 N–H and O–H groups in total. The Hall–Kier alpha value is -3.55. The highest BCUT2D eigenvalue weighted by atomic mass is 16.6. The predicted molar refractivity (Wildman–Crippen MR) is 123 cm³/mol. The van der Waals surface area contributed by atoms with Crippen LogP contribution in [0.2, 0.25) is 0 Å². The van der Waals surface area contributed by atoms with E-state index in [9.17, 15) is 4.79 Å². The molecule has 0 radical (unpaired) electrons. The van der Waals surface area contributed by atoms with Gasteiger partial charge in [-0.2, -0.15) is 4.98 Å².